The van der Waals surface area contributed by atoms with Crippen molar-refractivity contribution in [3.8, 4) is 0 Å². The Labute approximate surface area is 136 Å². The second-order valence-electron chi connectivity index (χ2n) is 6.27. The zero-order valence-electron chi connectivity index (χ0n) is 13.8. The van der Waals surface area contributed by atoms with Crippen molar-refractivity contribution in [3.05, 3.63) is 53.1 Å². The molecule has 0 atom stereocenters. The molecule has 2 heterocycles. The van der Waals surface area contributed by atoms with E-state index in [1.807, 2.05) is 30.1 Å². The van der Waals surface area contributed by atoms with Crippen LogP contribution in [-0.4, -0.2) is 33.9 Å². The molecule has 0 bridgehead atoms. The number of nitrogens with zero attached hydrogens (tertiary/aromatic N) is 3. The molecule has 0 aliphatic carbocycles. The number of halogens is 1. The van der Waals surface area contributed by atoms with Gasteiger partial charge in [-0.05, 0) is 43.0 Å². The van der Waals surface area contributed by atoms with Crippen LogP contribution in [0, 0.1) is 12.7 Å². The molecule has 5 heteroatoms. The largest absolute Gasteiger partial charge is 0.381 e. The number of ether oxygens (including phenoxy) is 1. The first-order valence-corrected chi connectivity index (χ1v) is 8.17. The first-order chi connectivity index (χ1) is 11.1. The molecule has 124 valence electrons. The summed E-state index contributed by atoms with van der Waals surface area (Å²) in [5.41, 5.74) is 3.58. The highest BCUT2D eigenvalue weighted by molar-refractivity contribution is 5.18. The summed E-state index contributed by atoms with van der Waals surface area (Å²) in [5.74, 6) is -0.186. The minimum absolute atomic E-state index is 0.186. The van der Waals surface area contributed by atoms with E-state index in [9.17, 15) is 4.39 Å². The average molecular weight is 317 g/mol. The number of aromatic nitrogens is 2. The van der Waals surface area contributed by atoms with Crippen LogP contribution in [0.5, 0.6) is 0 Å². The zero-order chi connectivity index (χ0) is 16.2. The van der Waals surface area contributed by atoms with Gasteiger partial charge in [0.1, 0.15) is 5.82 Å². The molecular weight excluding hydrogens is 293 g/mol. The Hall–Kier alpha value is -1.72. The predicted octanol–water partition coefficient (Wildman–Crippen LogP) is 3.05. The van der Waals surface area contributed by atoms with Crippen molar-refractivity contribution in [2.24, 2.45) is 7.05 Å². The summed E-state index contributed by atoms with van der Waals surface area (Å²) in [6.45, 7) is 5.40. The molecule has 0 radical (unpaired) electrons. The number of hydrogen-bond acceptors (Lipinski definition) is 3. The Morgan fingerprint density at radius 3 is 2.52 bits per heavy atom. The second kappa shape index (κ2) is 7.23. The van der Waals surface area contributed by atoms with E-state index < -0.39 is 0 Å². The Morgan fingerprint density at radius 1 is 1.22 bits per heavy atom. The third-order valence-electron chi connectivity index (χ3n) is 4.63. The fourth-order valence-electron chi connectivity index (χ4n) is 3.18. The maximum Gasteiger partial charge on any atom is 0.123 e. The summed E-state index contributed by atoms with van der Waals surface area (Å²) in [6, 6.07) is 7.30. The molecule has 1 aromatic carbocycles. The van der Waals surface area contributed by atoms with Crippen LogP contribution < -0.4 is 0 Å². The minimum Gasteiger partial charge on any atom is -0.381 e. The van der Waals surface area contributed by atoms with E-state index in [0.717, 1.165) is 44.7 Å². The van der Waals surface area contributed by atoms with Crippen molar-refractivity contribution in [3.63, 3.8) is 0 Å². The van der Waals surface area contributed by atoms with Gasteiger partial charge < -0.3 is 4.74 Å². The quantitative estimate of drug-likeness (QED) is 0.849. The average Bonchev–Trinajstić information content (AvgIpc) is 2.89. The molecule has 0 N–H and O–H groups in total. The molecule has 1 aliphatic heterocycles. The highest BCUT2D eigenvalue weighted by atomic mass is 19.1. The normalized spacial score (nSPS) is 16.2. The van der Waals surface area contributed by atoms with E-state index in [1.54, 1.807) is 0 Å². The first-order valence-electron chi connectivity index (χ1n) is 8.17. The van der Waals surface area contributed by atoms with E-state index >= 15 is 0 Å². The van der Waals surface area contributed by atoms with Crippen LogP contribution in [0.25, 0.3) is 0 Å². The molecule has 1 aliphatic rings. The van der Waals surface area contributed by atoms with Gasteiger partial charge in [0.25, 0.3) is 0 Å². The molecule has 1 aromatic heterocycles. The van der Waals surface area contributed by atoms with Crippen molar-refractivity contribution in [2.45, 2.75) is 38.9 Å². The Balaban J connectivity index is 1.79. The van der Waals surface area contributed by atoms with Crippen LogP contribution in [0.4, 0.5) is 4.39 Å². The minimum atomic E-state index is -0.186. The van der Waals surface area contributed by atoms with Gasteiger partial charge in [-0.1, -0.05) is 12.1 Å². The highest BCUT2D eigenvalue weighted by Gasteiger charge is 2.23. The van der Waals surface area contributed by atoms with Crippen molar-refractivity contribution in [1.29, 1.82) is 0 Å². The number of benzene rings is 1. The lowest BCUT2D eigenvalue weighted by Gasteiger charge is -2.34. The smallest absolute Gasteiger partial charge is 0.123 e. The molecule has 0 unspecified atom stereocenters. The van der Waals surface area contributed by atoms with Gasteiger partial charge in [0.2, 0.25) is 0 Å². The number of aryl methyl sites for hydroxylation is 2. The molecule has 3 rings (SSSR count). The Bertz CT molecular complexity index is 613. The third-order valence-corrected chi connectivity index (χ3v) is 4.63. The van der Waals surface area contributed by atoms with E-state index in [4.69, 9.17) is 4.74 Å². The fourth-order valence-corrected chi connectivity index (χ4v) is 3.18. The molecule has 1 fully saturated rings. The van der Waals surface area contributed by atoms with Crippen molar-refractivity contribution in [2.75, 3.05) is 13.2 Å². The van der Waals surface area contributed by atoms with E-state index in [2.05, 4.69) is 16.9 Å². The number of hydrogen-bond donors (Lipinski definition) is 0. The van der Waals surface area contributed by atoms with Gasteiger partial charge in [0.05, 0.1) is 11.9 Å². The SMILES string of the molecule is Cc1cnn(C)c1CN(Cc1ccc(F)cc1)C1CCOCC1. The molecule has 4 nitrogen and oxygen atoms in total. The maximum atomic E-state index is 13.1. The van der Waals surface area contributed by atoms with Gasteiger partial charge in [-0.15, -0.1) is 0 Å². The van der Waals surface area contributed by atoms with Crippen LogP contribution in [0.2, 0.25) is 0 Å². The summed E-state index contributed by atoms with van der Waals surface area (Å²) < 4.78 is 20.6. The van der Waals surface area contributed by atoms with Gasteiger partial charge in [-0.25, -0.2) is 4.39 Å². The molecule has 23 heavy (non-hydrogen) atoms. The van der Waals surface area contributed by atoms with Crippen LogP contribution in [0.15, 0.2) is 30.5 Å². The topological polar surface area (TPSA) is 30.3 Å². The standard InChI is InChI=1S/C18H24FN3O/c1-14-11-20-21(2)18(14)13-22(17-7-9-23-10-8-17)12-15-3-5-16(19)6-4-15/h3-6,11,17H,7-10,12-13H2,1-2H3. The van der Waals surface area contributed by atoms with Crippen LogP contribution in [0.3, 0.4) is 0 Å². The molecule has 0 spiro atoms. The van der Waals surface area contributed by atoms with Gasteiger partial charge >= 0.3 is 0 Å². The van der Waals surface area contributed by atoms with E-state index in [1.165, 1.54) is 23.4 Å². The van der Waals surface area contributed by atoms with E-state index in [-0.39, 0.29) is 5.82 Å². The predicted molar refractivity (Wildman–Crippen MR) is 87.4 cm³/mol. The van der Waals surface area contributed by atoms with Gasteiger partial charge in [0, 0.05) is 39.4 Å². The molecule has 0 amide bonds. The maximum absolute atomic E-state index is 13.1. The first kappa shape index (κ1) is 16.1. The summed E-state index contributed by atoms with van der Waals surface area (Å²) in [5, 5.41) is 4.35. The third kappa shape index (κ3) is 3.98. The monoisotopic (exact) mass is 317 g/mol. The molecule has 1 saturated heterocycles. The second-order valence-corrected chi connectivity index (χ2v) is 6.27. The lowest BCUT2D eigenvalue weighted by atomic mass is 10.0. The van der Waals surface area contributed by atoms with Crippen LogP contribution in [-0.2, 0) is 24.9 Å². The van der Waals surface area contributed by atoms with Crippen LogP contribution in [0.1, 0.15) is 29.7 Å². The van der Waals surface area contributed by atoms with Gasteiger partial charge in [0.15, 0.2) is 0 Å². The Kier molecular flexibility index (Phi) is 5.08. The van der Waals surface area contributed by atoms with Gasteiger partial charge in [-0.3, -0.25) is 9.58 Å². The summed E-state index contributed by atoms with van der Waals surface area (Å²) in [6.07, 6.45) is 3.99. The summed E-state index contributed by atoms with van der Waals surface area (Å²) in [4.78, 5) is 2.47. The highest BCUT2D eigenvalue weighted by Crippen LogP contribution is 2.21. The van der Waals surface area contributed by atoms with Crippen molar-refractivity contribution in [1.82, 2.24) is 14.7 Å². The van der Waals surface area contributed by atoms with Gasteiger partial charge in [-0.2, -0.15) is 5.10 Å². The summed E-state index contributed by atoms with van der Waals surface area (Å²) in [7, 11) is 1.99. The number of rotatable bonds is 5. The lowest BCUT2D eigenvalue weighted by Crippen LogP contribution is -2.39. The molecular formula is C18H24FN3O. The molecule has 2 aromatic rings. The summed E-state index contributed by atoms with van der Waals surface area (Å²) >= 11 is 0. The van der Waals surface area contributed by atoms with E-state index in [0.29, 0.717) is 6.04 Å². The Morgan fingerprint density at radius 2 is 1.91 bits per heavy atom. The zero-order valence-corrected chi connectivity index (χ0v) is 13.8. The van der Waals surface area contributed by atoms with Crippen LogP contribution >= 0.6 is 0 Å². The van der Waals surface area contributed by atoms with Crippen molar-refractivity contribution >= 4 is 0 Å². The van der Waals surface area contributed by atoms with Crippen molar-refractivity contribution < 1.29 is 9.13 Å². The fraction of sp³-hybridized carbons (Fsp3) is 0.500. The lowest BCUT2D eigenvalue weighted by molar-refractivity contribution is 0.0268. The molecule has 0 saturated carbocycles.